The van der Waals surface area contributed by atoms with Crippen LogP contribution in [0.4, 0.5) is 20.6 Å². The Morgan fingerprint density at radius 1 is 1.23 bits per heavy atom. The zero-order valence-corrected chi connectivity index (χ0v) is 20.1. The van der Waals surface area contributed by atoms with Gasteiger partial charge in [-0.05, 0) is 18.2 Å². The number of carbonyl (C=O) groups excluding carboxylic acids is 4. The van der Waals surface area contributed by atoms with Gasteiger partial charge < -0.3 is 29.3 Å². The van der Waals surface area contributed by atoms with E-state index in [2.05, 4.69) is 5.32 Å². The van der Waals surface area contributed by atoms with E-state index in [1.165, 1.54) is 36.6 Å². The number of amides is 3. The van der Waals surface area contributed by atoms with Gasteiger partial charge in [-0.25, -0.2) is 9.18 Å². The van der Waals surface area contributed by atoms with Crippen LogP contribution in [0.15, 0.2) is 18.2 Å². The zero-order valence-electron chi connectivity index (χ0n) is 20.1. The molecule has 1 N–H and O–H groups in total. The number of nitrogens with zero attached hydrogens (tertiary/aromatic N) is 3. The Bertz CT molecular complexity index is 954. The van der Waals surface area contributed by atoms with Gasteiger partial charge in [0.15, 0.2) is 0 Å². The fourth-order valence-electron chi connectivity index (χ4n) is 4.01. The van der Waals surface area contributed by atoms with Gasteiger partial charge in [-0.3, -0.25) is 19.3 Å². The van der Waals surface area contributed by atoms with Crippen molar-refractivity contribution in [1.82, 2.24) is 10.2 Å². The molecule has 35 heavy (non-hydrogen) atoms. The van der Waals surface area contributed by atoms with Crippen LogP contribution in [0, 0.1) is 5.82 Å². The highest BCUT2D eigenvalue weighted by molar-refractivity contribution is 5.90. The summed E-state index contributed by atoms with van der Waals surface area (Å²) in [5.74, 6) is -1.62. The van der Waals surface area contributed by atoms with Crippen molar-refractivity contribution < 1.29 is 37.8 Å². The molecule has 2 atom stereocenters. The van der Waals surface area contributed by atoms with Gasteiger partial charge in [0, 0.05) is 33.9 Å². The molecule has 0 aliphatic carbocycles. The molecular formula is C23H31FN4O7. The molecule has 0 bridgehead atoms. The second-order valence-electron chi connectivity index (χ2n) is 8.44. The quantitative estimate of drug-likeness (QED) is 0.504. The monoisotopic (exact) mass is 494 g/mol. The first kappa shape index (κ1) is 26.2. The maximum Gasteiger partial charge on any atom is 0.414 e. The maximum absolute atomic E-state index is 14.8. The molecule has 2 aliphatic rings. The van der Waals surface area contributed by atoms with Crippen molar-refractivity contribution in [3.05, 3.63) is 24.0 Å². The number of benzene rings is 1. The molecule has 0 radical (unpaired) electrons. The minimum atomic E-state index is -0.768. The third-order valence-corrected chi connectivity index (χ3v) is 5.67. The topological polar surface area (TPSA) is 118 Å². The van der Waals surface area contributed by atoms with Crippen LogP contribution in [0.5, 0.6) is 0 Å². The van der Waals surface area contributed by atoms with Gasteiger partial charge in [-0.1, -0.05) is 0 Å². The molecule has 192 valence electrons. The molecule has 1 aromatic carbocycles. The molecule has 11 nitrogen and oxygen atoms in total. The Balaban J connectivity index is 1.65. The number of rotatable bonds is 9. The molecule has 12 heteroatoms. The third kappa shape index (κ3) is 7.28. The average Bonchev–Trinajstić information content (AvgIpc) is 3.17. The number of esters is 1. The average molecular weight is 495 g/mol. The fraction of sp³-hybridized carbons (Fsp3) is 0.565. The SMILES string of the molecule is CC(=O)NCC(CN(CC1CN(c2ccc(N3CCOCC3)c(F)c2)C(=O)O1)C(C)=O)OC(C)=O. The maximum atomic E-state index is 14.8. The van der Waals surface area contributed by atoms with Crippen molar-refractivity contribution in [3.8, 4) is 0 Å². The number of carbonyl (C=O) groups is 4. The summed E-state index contributed by atoms with van der Waals surface area (Å²) in [5, 5.41) is 2.56. The predicted octanol–water partition coefficient (Wildman–Crippen LogP) is 0.904. The molecule has 2 unspecified atom stereocenters. The number of cyclic esters (lactones) is 1. The summed E-state index contributed by atoms with van der Waals surface area (Å²) in [6, 6.07) is 4.58. The van der Waals surface area contributed by atoms with Gasteiger partial charge in [0.1, 0.15) is 18.0 Å². The van der Waals surface area contributed by atoms with Crippen molar-refractivity contribution in [2.45, 2.75) is 33.0 Å². The lowest BCUT2D eigenvalue weighted by Gasteiger charge is -2.29. The van der Waals surface area contributed by atoms with Crippen LogP contribution >= 0.6 is 0 Å². The van der Waals surface area contributed by atoms with Gasteiger partial charge in [0.05, 0.1) is 50.8 Å². The van der Waals surface area contributed by atoms with Crippen molar-refractivity contribution >= 4 is 35.3 Å². The molecule has 2 aliphatic heterocycles. The van der Waals surface area contributed by atoms with Crippen LogP contribution < -0.4 is 15.1 Å². The Labute approximate surface area is 203 Å². The van der Waals surface area contributed by atoms with E-state index in [-0.39, 0.29) is 38.0 Å². The summed E-state index contributed by atoms with van der Waals surface area (Å²) in [6.07, 6.45) is -2.09. The lowest BCUT2D eigenvalue weighted by atomic mass is 10.2. The predicted molar refractivity (Wildman–Crippen MR) is 124 cm³/mol. The lowest BCUT2D eigenvalue weighted by Crippen LogP contribution is -2.46. The number of morpholine rings is 1. The minimum Gasteiger partial charge on any atom is -0.459 e. The molecular weight excluding hydrogens is 463 g/mol. The first-order chi connectivity index (χ1) is 16.6. The summed E-state index contributed by atoms with van der Waals surface area (Å²) in [4.78, 5) is 52.0. The van der Waals surface area contributed by atoms with E-state index in [9.17, 15) is 23.6 Å². The van der Waals surface area contributed by atoms with Gasteiger partial charge in [0.25, 0.3) is 0 Å². The molecule has 1 aromatic rings. The number of halogens is 1. The van der Waals surface area contributed by atoms with E-state index in [0.29, 0.717) is 37.7 Å². The lowest BCUT2D eigenvalue weighted by molar-refractivity contribution is -0.150. The molecule has 3 amide bonds. The Morgan fingerprint density at radius 3 is 2.54 bits per heavy atom. The fourth-order valence-corrected chi connectivity index (χ4v) is 4.01. The summed E-state index contributed by atoms with van der Waals surface area (Å²) in [6.45, 7) is 6.33. The molecule has 2 fully saturated rings. The highest BCUT2D eigenvalue weighted by atomic mass is 19.1. The van der Waals surface area contributed by atoms with Crippen molar-refractivity contribution in [2.75, 3.05) is 62.3 Å². The molecule has 0 aromatic heterocycles. The second kappa shape index (κ2) is 11.8. The highest BCUT2D eigenvalue weighted by Gasteiger charge is 2.35. The van der Waals surface area contributed by atoms with Gasteiger partial charge in [-0.15, -0.1) is 0 Å². The van der Waals surface area contributed by atoms with Crippen LogP contribution in [0.1, 0.15) is 20.8 Å². The Morgan fingerprint density at radius 2 is 1.94 bits per heavy atom. The first-order valence-corrected chi connectivity index (χ1v) is 11.4. The first-order valence-electron chi connectivity index (χ1n) is 11.4. The highest BCUT2D eigenvalue weighted by Crippen LogP contribution is 2.28. The van der Waals surface area contributed by atoms with Crippen LogP contribution in [-0.4, -0.2) is 93.5 Å². The van der Waals surface area contributed by atoms with Crippen molar-refractivity contribution in [2.24, 2.45) is 0 Å². The van der Waals surface area contributed by atoms with E-state index >= 15 is 0 Å². The van der Waals surface area contributed by atoms with E-state index in [0.717, 1.165) is 0 Å². The molecule has 3 rings (SSSR count). The molecule has 0 spiro atoms. The number of hydrogen-bond donors (Lipinski definition) is 1. The smallest absolute Gasteiger partial charge is 0.414 e. The normalized spacial score (nSPS) is 18.6. The van der Waals surface area contributed by atoms with Gasteiger partial charge in [0.2, 0.25) is 11.8 Å². The molecule has 2 saturated heterocycles. The van der Waals surface area contributed by atoms with E-state index in [4.69, 9.17) is 14.2 Å². The largest absolute Gasteiger partial charge is 0.459 e. The van der Waals surface area contributed by atoms with Gasteiger partial charge >= 0.3 is 12.1 Å². The van der Waals surface area contributed by atoms with Gasteiger partial charge in [-0.2, -0.15) is 0 Å². The number of anilines is 2. The summed E-state index contributed by atoms with van der Waals surface area (Å²) in [5.41, 5.74) is 0.796. The van der Waals surface area contributed by atoms with Crippen LogP contribution in [0.2, 0.25) is 0 Å². The Hall–Kier alpha value is -3.41. The summed E-state index contributed by atoms with van der Waals surface area (Å²) < 4.78 is 30.8. The number of ether oxygens (including phenoxy) is 3. The third-order valence-electron chi connectivity index (χ3n) is 5.67. The molecule has 2 heterocycles. The van der Waals surface area contributed by atoms with Crippen molar-refractivity contribution in [3.63, 3.8) is 0 Å². The minimum absolute atomic E-state index is 0.00607. The number of hydrogen-bond acceptors (Lipinski definition) is 8. The number of nitrogens with one attached hydrogen (secondary N) is 1. The van der Waals surface area contributed by atoms with Crippen molar-refractivity contribution in [1.29, 1.82) is 0 Å². The second-order valence-corrected chi connectivity index (χ2v) is 8.44. The van der Waals surface area contributed by atoms with Crippen LogP contribution in [-0.2, 0) is 28.6 Å². The summed E-state index contributed by atoms with van der Waals surface area (Å²) >= 11 is 0. The van der Waals surface area contributed by atoms with Crippen LogP contribution in [0.3, 0.4) is 0 Å². The van der Waals surface area contributed by atoms with E-state index in [1.807, 2.05) is 4.90 Å². The van der Waals surface area contributed by atoms with E-state index < -0.39 is 30.1 Å². The summed E-state index contributed by atoms with van der Waals surface area (Å²) in [7, 11) is 0. The van der Waals surface area contributed by atoms with Crippen LogP contribution in [0.25, 0.3) is 0 Å². The van der Waals surface area contributed by atoms with E-state index in [1.54, 1.807) is 12.1 Å². The molecule has 0 saturated carbocycles. The zero-order chi connectivity index (χ0) is 25.5. The standard InChI is InChI=1S/C23H31FN4O7/c1-15(29)25-11-19(34-17(3)31)12-27(16(2)30)13-20-14-28(23(32)35-20)18-4-5-22(21(24)10-18)26-6-8-33-9-7-26/h4-5,10,19-20H,6-9,11-14H2,1-3H3,(H,25,29). The Kier molecular flexibility index (Phi) is 8.85.